The molecule has 30 heavy (non-hydrogen) atoms. The molecule has 0 aliphatic rings. The van der Waals surface area contributed by atoms with Crippen molar-refractivity contribution >= 4 is 23.6 Å². The normalized spacial score (nSPS) is 10.6. The molecular formula is C21H18FN4O3S-. The summed E-state index contributed by atoms with van der Waals surface area (Å²) >= 11 is 1.22. The summed E-state index contributed by atoms with van der Waals surface area (Å²) in [4.78, 5) is 23.0. The number of hydrogen-bond donors (Lipinski definition) is 1. The van der Waals surface area contributed by atoms with Crippen LogP contribution in [0.3, 0.4) is 0 Å². The topological polar surface area (TPSA) is 99.9 Å². The number of aromatic nitrogens is 3. The Bertz CT molecular complexity index is 1050. The van der Waals surface area contributed by atoms with Crippen molar-refractivity contribution in [3.05, 3.63) is 78.1 Å². The Balaban J connectivity index is 1.60. The zero-order valence-corrected chi connectivity index (χ0v) is 16.7. The van der Waals surface area contributed by atoms with E-state index in [1.165, 1.54) is 36.0 Å². The van der Waals surface area contributed by atoms with E-state index < -0.39 is 5.97 Å². The van der Waals surface area contributed by atoms with E-state index in [0.717, 1.165) is 5.56 Å². The van der Waals surface area contributed by atoms with Gasteiger partial charge in [0.2, 0.25) is 5.91 Å². The average molecular weight is 425 g/mol. The lowest BCUT2D eigenvalue weighted by Gasteiger charge is -2.09. The Labute approximate surface area is 176 Å². The molecule has 0 saturated carbocycles. The summed E-state index contributed by atoms with van der Waals surface area (Å²) in [5.74, 6) is -1.11. The number of aromatic carboxylic acids is 1. The minimum absolute atomic E-state index is 0.0825. The van der Waals surface area contributed by atoms with Gasteiger partial charge in [0.25, 0.3) is 0 Å². The highest BCUT2D eigenvalue weighted by molar-refractivity contribution is 7.99. The number of carbonyl (C=O) groups excluding carboxylic acids is 2. The highest BCUT2D eigenvalue weighted by Crippen LogP contribution is 2.24. The smallest absolute Gasteiger partial charge is 0.230 e. The molecule has 3 aromatic rings. The number of rotatable bonds is 9. The summed E-state index contributed by atoms with van der Waals surface area (Å²) in [5.41, 5.74) is 1.56. The first kappa shape index (κ1) is 21.3. The summed E-state index contributed by atoms with van der Waals surface area (Å²) in [6, 6.07) is 12.0. The molecule has 0 bridgehead atoms. The monoisotopic (exact) mass is 425 g/mol. The highest BCUT2D eigenvalue weighted by atomic mass is 32.2. The number of benzene rings is 2. The van der Waals surface area contributed by atoms with Gasteiger partial charge in [-0.15, -0.1) is 16.8 Å². The van der Waals surface area contributed by atoms with E-state index >= 15 is 0 Å². The number of carboxylic acid groups (broad SMARTS) is 1. The van der Waals surface area contributed by atoms with Crippen molar-refractivity contribution in [1.29, 1.82) is 0 Å². The molecule has 0 saturated heterocycles. The molecule has 7 nitrogen and oxygen atoms in total. The van der Waals surface area contributed by atoms with Gasteiger partial charge >= 0.3 is 0 Å². The zero-order chi connectivity index (χ0) is 21.5. The van der Waals surface area contributed by atoms with E-state index in [9.17, 15) is 19.1 Å². The Morgan fingerprint density at radius 3 is 2.47 bits per heavy atom. The molecular weight excluding hydrogens is 407 g/mol. The van der Waals surface area contributed by atoms with Gasteiger partial charge in [0, 0.05) is 18.7 Å². The maximum atomic E-state index is 13.2. The van der Waals surface area contributed by atoms with Gasteiger partial charge in [-0.3, -0.25) is 9.36 Å². The number of thioether (sulfide) groups is 1. The maximum absolute atomic E-state index is 13.2. The molecule has 1 aromatic heterocycles. The minimum Gasteiger partial charge on any atom is -0.545 e. The lowest BCUT2D eigenvalue weighted by molar-refractivity contribution is -0.255. The molecule has 0 aliphatic heterocycles. The molecule has 1 amide bonds. The molecule has 0 aliphatic carbocycles. The quantitative estimate of drug-likeness (QED) is 0.416. The SMILES string of the molecule is C=CCn1c(SCC(=O)NCc2ccc(C(=O)[O-])cc2)nnc1-c1ccc(F)cc1. The largest absolute Gasteiger partial charge is 0.545 e. The first-order valence-electron chi connectivity index (χ1n) is 8.97. The molecule has 0 spiro atoms. The molecule has 3 rings (SSSR count). The fourth-order valence-corrected chi connectivity index (χ4v) is 3.42. The van der Waals surface area contributed by atoms with Crippen LogP contribution in [-0.2, 0) is 17.9 Å². The molecule has 0 atom stereocenters. The van der Waals surface area contributed by atoms with Crippen molar-refractivity contribution < 1.29 is 19.1 Å². The number of halogens is 1. The fourth-order valence-electron chi connectivity index (χ4n) is 2.64. The molecule has 0 radical (unpaired) electrons. The first-order chi connectivity index (χ1) is 14.5. The van der Waals surface area contributed by atoms with Crippen LogP contribution in [0.5, 0.6) is 0 Å². The van der Waals surface area contributed by atoms with Gasteiger partial charge in [0.15, 0.2) is 11.0 Å². The van der Waals surface area contributed by atoms with Crippen LogP contribution in [0.15, 0.2) is 66.3 Å². The number of carboxylic acids is 1. The molecule has 1 N–H and O–H groups in total. The van der Waals surface area contributed by atoms with Gasteiger partial charge in [0.1, 0.15) is 5.82 Å². The molecule has 0 unspecified atom stereocenters. The predicted octanol–water partition coefficient (Wildman–Crippen LogP) is 2.04. The Morgan fingerprint density at radius 1 is 1.13 bits per heavy atom. The van der Waals surface area contributed by atoms with Crippen LogP contribution in [0.25, 0.3) is 11.4 Å². The van der Waals surface area contributed by atoms with E-state index in [1.54, 1.807) is 34.9 Å². The number of amides is 1. The Morgan fingerprint density at radius 2 is 1.83 bits per heavy atom. The van der Waals surface area contributed by atoms with Crippen molar-refractivity contribution in [2.45, 2.75) is 18.2 Å². The summed E-state index contributed by atoms with van der Waals surface area (Å²) in [6.45, 7) is 4.44. The first-order valence-corrected chi connectivity index (χ1v) is 9.96. The van der Waals surface area contributed by atoms with Gasteiger partial charge in [0.05, 0.1) is 11.7 Å². The average Bonchev–Trinajstić information content (AvgIpc) is 3.14. The maximum Gasteiger partial charge on any atom is 0.230 e. The number of allylic oxidation sites excluding steroid dienone is 1. The predicted molar refractivity (Wildman–Crippen MR) is 109 cm³/mol. The third-order valence-corrected chi connectivity index (χ3v) is 5.11. The van der Waals surface area contributed by atoms with Crippen LogP contribution in [0.1, 0.15) is 15.9 Å². The second-order valence-corrected chi connectivity index (χ2v) is 7.20. The van der Waals surface area contributed by atoms with Crippen LogP contribution in [0, 0.1) is 5.82 Å². The molecule has 2 aromatic carbocycles. The fraction of sp³-hybridized carbons (Fsp3) is 0.143. The lowest BCUT2D eigenvalue weighted by atomic mass is 10.1. The van der Waals surface area contributed by atoms with E-state index in [0.29, 0.717) is 23.1 Å². The van der Waals surface area contributed by atoms with E-state index in [1.807, 2.05) is 0 Å². The van der Waals surface area contributed by atoms with Crippen molar-refractivity contribution in [1.82, 2.24) is 20.1 Å². The second kappa shape index (κ2) is 9.84. The highest BCUT2D eigenvalue weighted by Gasteiger charge is 2.15. The van der Waals surface area contributed by atoms with E-state index in [-0.39, 0.29) is 29.6 Å². The van der Waals surface area contributed by atoms with Crippen LogP contribution < -0.4 is 10.4 Å². The van der Waals surface area contributed by atoms with Gasteiger partial charge in [-0.25, -0.2) is 4.39 Å². The van der Waals surface area contributed by atoms with Gasteiger partial charge in [-0.2, -0.15) is 0 Å². The number of nitrogens with zero attached hydrogens (tertiary/aromatic N) is 3. The summed E-state index contributed by atoms with van der Waals surface area (Å²) in [5, 5.41) is 22.4. The van der Waals surface area contributed by atoms with Gasteiger partial charge < -0.3 is 15.2 Å². The summed E-state index contributed by atoms with van der Waals surface area (Å²) in [6.07, 6.45) is 1.69. The second-order valence-electron chi connectivity index (χ2n) is 6.26. The van der Waals surface area contributed by atoms with Crippen molar-refractivity contribution in [2.24, 2.45) is 0 Å². The standard InChI is InChI=1S/C21H19FN4O3S/c1-2-11-26-19(15-7-9-17(22)10-8-15)24-25-21(26)30-13-18(27)23-12-14-3-5-16(6-4-14)20(28)29/h2-10H,1,11-13H2,(H,23,27)(H,28,29)/p-1. The van der Waals surface area contributed by atoms with Crippen molar-refractivity contribution in [2.75, 3.05) is 5.75 Å². The number of nitrogens with one attached hydrogen (secondary N) is 1. The molecule has 0 fully saturated rings. The lowest BCUT2D eigenvalue weighted by Crippen LogP contribution is -2.25. The third kappa shape index (κ3) is 5.32. The van der Waals surface area contributed by atoms with Crippen LogP contribution in [0.2, 0.25) is 0 Å². The molecule has 9 heteroatoms. The van der Waals surface area contributed by atoms with E-state index in [2.05, 4.69) is 22.1 Å². The third-order valence-electron chi connectivity index (χ3n) is 4.14. The van der Waals surface area contributed by atoms with Crippen molar-refractivity contribution in [3.8, 4) is 11.4 Å². The van der Waals surface area contributed by atoms with Crippen LogP contribution in [0.4, 0.5) is 4.39 Å². The zero-order valence-electron chi connectivity index (χ0n) is 15.9. The minimum atomic E-state index is -1.24. The summed E-state index contributed by atoms with van der Waals surface area (Å²) in [7, 11) is 0. The van der Waals surface area contributed by atoms with Gasteiger partial charge in [-0.1, -0.05) is 42.1 Å². The molecule has 154 valence electrons. The van der Waals surface area contributed by atoms with E-state index in [4.69, 9.17) is 0 Å². The van der Waals surface area contributed by atoms with Gasteiger partial charge in [-0.05, 0) is 35.4 Å². The van der Waals surface area contributed by atoms with Crippen LogP contribution >= 0.6 is 11.8 Å². The number of carbonyl (C=O) groups is 2. The number of hydrogen-bond acceptors (Lipinski definition) is 6. The Kier molecular flexibility index (Phi) is 6.97. The van der Waals surface area contributed by atoms with Crippen LogP contribution in [-0.4, -0.2) is 32.4 Å². The summed E-state index contributed by atoms with van der Waals surface area (Å²) < 4.78 is 15.0. The molecule has 1 heterocycles. The van der Waals surface area contributed by atoms with Crippen molar-refractivity contribution in [3.63, 3.8) is 0 Å². The Hall–Kier alpha value is -3.46.